The first-order valence-corrected chi connectivity index (χ1v) is 6.13. The van der Waals surface area contributed by atoms with E-state index in [1.165, 1.54) is 6.92 Å². The van der Waals surface area contributed by atoms with Gasteiger partial charge in [0.1, 0.15) is 5.60 Å². The van der Waals surface area contributed by atoms with Crippen LogP contribution in [0, 0.1) is 0 Å². The van der Waals surface area contributed by atoms with E-state index in [0.717, 1.165) is 5.56 Å². The molecule has 0 radical (unpaired) electrons. The molecule has 1 atom stereocenters. The maximum absolute atomic E-state index is 11.6. The summed E-state index contributed by atoms with van der Waals surface area (Å²) in [6.07, 6.45) is 0.137. The van der Waals surface area contributed by atoms with Crippen molar-refractivity contribution in [2.24, 2.45) is 0 Å². The Labute approximate surface area is 116 Å². The van der Waals surface area contributed by atoms with Crippen LogP contribution < -0.4 is 5.32 Å². The molecule has 4 nitrogen and oxygen atoms in total. The first-order chi connectivity index (χ1) is 8.34. The van der Waals surface area contributed by atoms with Gasteiger partial charge in [-0.25, -0.2) is 0 Å². The number of hydrogen-bond donors (Lipinski definition) is 3. The Bertz CT molecular complexity index is 435. The topological polar surface area (TPSA) is 69.6 Å². The van der Waals surface area contributed by atoms with Crippen molar-refractivity contribution in [1.29, 1.82) is 0 Å². The minimum Gasteiger partial charge on any atom is -0.393 e. The van der Waals surface area contributed by atoms with Crippen LogP contribution in [0.3, 0.4) is 0 Å². The Hall–Kier alpha value is -0.810. The van der Waals surface area contributed by atoms with Gasteiger partial charge in [-0.1, -0.05) is 29.3 Å². The molecule has 1 amide bonds. The molecule has 1 unspecified atom stereocenters. The highest BCUT2D eigenvalue weighted by atomic mass is 35.5. The smallest absolute Gasteiger partial charge is 0.224 e. The minimum absolute atomic E-state index is 0.0103. The molecule has 0 aliphatic rings. The lowest BCUT2D eigenvalue weighted by Crippen LogP contribution is -2.43. The van der Waals surface area contributed by atoms with Gasteiger partial charge in [0.05, 0.1) is 23.1 Å². The summed E-state index contributed by atoms with van der Waals surface area (Å²) in [5.41, 5.74) is -0.585. The summed E-state index contributed by atoms with van der Waals surface area (Å²) in [6, 6.07) is 4.95. The molecular formula is C12H15Cl2NO3. The third-order valence-corrected chi connectivity index (χ3v) is 3.09. The number of nitrogens with one attached hydrogen (secondary N) is 1. The molecule has 0 saturated heterocycles. The number of rotatable bonds is 5. The van der Waals surface area contributed by atoms with Crippen molar-refractivity contribution in [3.05, 3.63) is 33.8 Å². The standard InChI is InChI=1S/C12H15Cl2NO3/c1-12(18,7-16)6-15-11(17)5-8-2-3-9(13)10(14)4-8/h2-4,16,18H,5-7H2,1H3,(H,15,17). The van der Waals surface area contributed by atoms with E-state index in [-0.39, 0.29) is 18.9 Å². The second-order valence-electron chi connectivity index (χ2n) is 4.36. The van der Waals surface area contributed by atoms with Crippen LogP contribution >= 0.6 is 23.2 Å². The number of aliphatic hydroxyl groups is 2. The second-order valence-corrected chi connectivity index (χ2v) is 5.17. The maximum atomic E-state index is 11.6. The number of benzene rings is 1. The fourth-order valence-corrected chi connectivity index (χ4v) is 1.56. The molecule has 0 heterocycles. The molecule has 100 valence electrons. The fourth-order valence-electron chi connectivity index (χ4n) is 1.24. The highest BCUT2D eigenvalue weighted by Crippen LogP contribution is 2.22. The van der Waals surface area contributed by atoms with E-state index in [2.05, 4.69) is 5.32 Å². The van der Waals surface area contributed by atoms with Crippen molar-refractivity contribution < 1.29 is 15.0 Å². The van der Waals surface area contributed by atoms with Gasteiger partial charge in [0.2, 0.25) is 5.91 Å². The van der Waals surface area contributed by atoms with E-state index in [9.17, 15) is 9.90 Å². The zero-order valence-corrected chi connectivity index (χ0v) is 11.4. The van der Waals surface area contributed by atoms with Crippen molar-refractivity contribution in [1.82, 2.24) is 5.32 Å². The number of halogens is 2. The zero-order valence-electron chi connectivity index (χ0n) is 9.91. The average Bonchev–Trinajstić information content (AvgIpc) is 2.32. The molecule has 0 aliphatic carbocycles. The molecule has 0 aromatic heterocycles. The minimum atomic E-state index is -1.31. The molecule has 0 spiro atoms. The monoisotopic (exact) mass is 291 g/mol. The van der Waals surface area contributed by atoms with Crippen LogP contribution in [0.5, 0.6) is 0 Å². The predicted octanol–water partition coefficient (Wildman–Crippen LogP) is 1.40. The van der Waals surface area contributed by atoms with E-state index >= 15 is 0 Å². The number of amides is 1. The largest absolute Gasteiger partial charge is 0.393 e. The van der Waals surface area contributed by atoms with E-state index in [4.69, 9.17) is 28.3 Å². The van der Waals surface area contributed by atoms with Crippen LogP contribution in [-0.4, -0.2) is 34.9 Å². The molecule has 0 saturated carbocycles. The van der Waals surface area contributed by atoms with Gasteiger partial charge in [0, 0.05) is 6.54 Å². The zero-order chi connectivity index (χ0) is 13.8. The fraction of sp³-hybridized carbons (Fsp3) is 0.417. The molecule has 0 fully saturated rings. The number of hydrogen-bond acceptors (Lipinski definition) is 3. The first kappa shape index (κ1) is 15.2. The Morgan fingerprint density at radius 3 is 2.61 bits per heavy atom. The molecule has 3 N–H and O–H groups in total. The third-order valence-electron chi connectivity index (χ3n) is 2.36. The van der Waals surface area contributed by atoms with Gasteiger partial charge in [-0.05, 0) is 24.6 Å². The van der Waals surface area contributed by atoms with Gasteiger partial charge in [-0.3, -0.25) is 4.79 Å². The Kier molecular flexibility index (Phi) is 5.41. The Balaban J connectivity index is 2.52. The lowest BCUT2D eigenvalue weighted by molar-refractivity contribution is -0.121. The number of carbonyl (C=O) groups excluding carboxylic acids is 1. The van der Waals surface area contributed by atoms with Crippen LogP contribution in [0.1, 0.15) is 12.5 Å². The highest BCUT2D eigenvalue weighted by Gasteiger charge is 2.19. The molecule has 18 heavy (non-hydrogen) atoms. The summed E-state index contributed by atoms with van der Waals surface area (Å²) in [5, 5.41) is 21.7. The van der Waals surface area contributed by atoms with Gasteiger partial charge >= 0.3 is 0 Å². The number of aliphatic hydroxyl groups excluding tert-OH is 1. The molecule has 1 rings (SSSR count). The van der Waals surface area contributed by atoms with Crippen LogP contribution in [0.4, 0.5) is 0 Å². The quantitative estimate of drug-likeness (QED) is 0.768. The SMILES string of the molecule is CC(O)(CO)CNC(=O)Cc1ccc(Cl)c(Cl)c1. The van der Waals surface area contributed by atoms with Crippen molar-refractivity contribution in [2.75, 3.05) is 13.2 Å². The van der Waals surface area contributed by atoms with Gasteiger partial charge in [-0.2, -0.15) is 0 Å². The van der Waals surface area contributed by atoms with E-state index in [1.807, 2.05) is 0 Å². The van der Waals surface area contributed by atoms with Crippen LogP contribution in [0.15, 0.2) is 18.2 Å². The van der Waals surface area contributed by atoms with E-state index in [0.29, 0.717) is 10.0 Å². The second kappa shape index (κ2) is 6.38. The van der Waals surface area contributed by atoms with Gasteiger partial charge in [0.25, 0.3) is 0 Å². The molecule has 0 aliphatic heterocycles. The summed E-state index contributed by atoms with van der Waals surface area (Å²) in [4.78, 5) is 11.6. The summed E-state index contributed by atoms with van der Waals surface area (Å²) in [5.74, 6) is -0.262. The van der Waals surface area contributed by atoms with Crippen LogP contribution in [0.25, 0.3) is 0 Å². The average molecular weight is 292 g/mol. The summed E-state index contributed by atoms with van der Waals surface area (Å²) < 4.78 is 0. The molecule has 0 bridgehead atoms. The Morgan fingerprint density at radius 2 is 2.06 bits per heavy atom. The van der Waals surface area contributed by atoms with Crippen LogP contribution in [-0.2, 0) is 11.2 Å². The van der Waals surface area contributed by atoms with Gasteiger partial charge < -0.3 is 15.5 Å². The molecule has 1 aromatic carbocycles. The number of carbonyl (C=O) groups is 1. The predicted molar refractivity (Wildman–Crippen MR) is 70.9 cm³/mol. The lowest BCUT2D eigenvalue weighted by atomic mass is 10.1. The first-order valence-electron chi connectivity index (χ1n) is 5.38. The van der Waals surface area contributed by atoms with Crippen molar-refractivity contribution >= 4 is 29.1 Å². The third kappa shape index (κ3) is 4.82. The summed E-state index contributed by atoms with van der Waals surface area (Å²) in [7, 11) is 0. The van der Waals surface area contributed by atoms with Gasteiger partial charge in [-0.15, -0.1) is 0 Å². The summed E-state index contributed by atoms with van der Waals surface area (Å²) in [6.45, 7) is 1.01. The normalized spacial score (nSPS) is 14.1. The molecule has 1 aromatic rings. The van der Waals surface area contributed by atoms with E-state index < -0.39 is 12.2 Å². The van der Waals surface area contributed by atoms with Crippen molar-refractivity contribution in [2.45, 2.75) is 18.9 Å². The summed E-state index contributed by atoms with van der Waals surface area (Å²) >= 11 is 11.6. The van der Waals surface area contributed by atoms with E-state index in [1.54, 1.807) is 18.2 Å². The molecule has 6 heteroatoms. The van der Waals surface area contributed by atoms with Crippen molar-refractivity contribution in [3.63, 3.8) is 0 Å². The highest BCUT2D eigenvalue weighted by molar-refractivity contribution is 6.42. The van der Waals surface area contributed by atoms with Gasteiger partial charge in [0.15, 0.2) is 0 Å². The molecular weight excluding hydrogens is 277 g/mol. The lowest BCUT2D eigenvalue weighted by Gasteiger charge is -2.20. The van der Waals surface area contributed by atoms with Crippen molar-refractivity contribution in [3.8, 4) is 0 Å². The Morgan fingerprint density at radius 1 is 1.39 bits per heavy atom. The maximum Gasteiger partial charge on any atom is 0.224 e. The van der Waals surface area contributed by atoms with Crippen LogP contribution in [0.2, 0.25) is 10.0 Å².